The highest BCUT2D eigenvalue weighted by Gasteiger charge is 2.73. The van der Waals surface area contributed by atoms with Crippen molar-refractivity contribution < 1.29 is 30.3 Å². The number of allylic oxidation sites excluding steroid dienone is 2. The highest BCUT2D eigenvalue weighted by molar-refractivity contribution is 8.76. The Kier molecular flexibility index (Phi) is 13.3. The predicted molar refractivity (Wildman–Crippen MR) is 249 cm³/mol. The van der Waals surface area contributed by atoms with Gasteiger partial charge < -0.3 is 41.6 Å². The van der Waals surface area contributed by atoms with Crippen LogP contribution in [0.4, 0.5) is 0 Å². The normalized spacial score (nSPS) is 44.5. The minimum absolute atomic E-state index is 0.0128. The summed E-state index contributed by atoms with van der Waals surface area (Å²) in [7, 11) is 3.67. The third-order valence-corrected chi connectivity index (χ3v) is 21.5. The molecule has 14 atom stereocenters. The monoisotopic (exact) mass is 896 g/mol. The van der Waals surface area contributed by atoms with Gasteiger partial charge in [-0.3, -0.25) is 9.79 Å². The minimum Gasteiger partial charge on any atom is -0.396 e. The molecule has 1 spiro atoms. The van der Waals surface area contributed by atoms with Crippen LogP contribution < -0.4 is 11.5 Å². The number of hydrogen-bond donors (Lipinski definition) is 7. The Hall–Kier alpha value is -1.87. The third kappa shape index (κ3) is 8.09. The first-order valence-electron chi connectivity index (χ1n) is 24.0. The van der Waals surface area contributed by atoms with Crippen LogP contribution in [0.5, 0.6) is 0 Å². The van der Waals surface area contributed by atoms with Crippen LogP contribution in [0.15, 0.2) is 46.5 Å². The van der Waals surface area contributed by atoms with Crippen molar-refractivity contribution in [2.45, 2.75) is 173 Å². The number of nitrogens with two attached hydrogens (primary N) is 2. The fourth-order valence-corrected chi connectivity index (χ4v) is 18.8. The number of carbonyl (C=O) groups excluding carboxylic acids is 1. The molecule has 1 aromatic rings. The highest BCUT2D eigenvalue weighted by Crippen LogP contribution is 2.73. The lowest BCUT2D eigenvalue weighted by Gasteiger charge is -2.63. The van der Waals surface area contributed by atoms with Gasteiger partial charge in [0.15, 0.2) is 11.7 Å². The van der Waals surface area contributed by atoms with E-state index in [1.807, 2.05) is 34.1 Å². The van der Waals surface area contributed by atoms with Gasteiger partial charge in [-0.25, -0.2) is 4.98 Å². The van der Waals surface area contributed by atoms with Gasteiger partial charge in [0.05, 0.1) is 30.2 Å². The molecule has 0 amide bonds. The van der Waals surface area contributed by atoms with Gasteiger partial charge in [-0.15, -0.1) is 0 Å². The number of carbonyl (C=O) groups is 1. The Morgan fingerprint density at radius 1 is 0.984 bits per heavy atom. The molecule has 7 aliphatic rings. The maximum atomic E-state index is 14.6. The van der Waals surface area contributed by atoms with Crippen molar-refractivity contribution in [3.8, 4) is 0 Å². The zero-order valence-electron chi connectivity index (χ0n) is 38.1. The van der Waals surface area contributed by atoms with Crippen molar-refractivity contribution in [2.24, 2.45) is 73.6 Å². The smallest absolute Gasteiger partial charge is 0.185 e. The van der Waals surface area contributed by atoms with Crippen molar-refractivity contribution in [3.05, 3.63) is 41.5 Å². The number of ketones is 1. The Morgan fingerprint density at radius 3 is 2.42 bits per heavy atom. The number of aliphatic hydroxyl groups excluding tert-OH is 4. The van der Waals surface area contributed by atoms with E-state index in [-0.39, 0.29) is 77.5 Å². The second-order valence-electron chi connectivity index (χ2n) is 22.5. The van der Waals surface area contributed by atoms with E-state index in [2.05, 4.69) is 55.4 Å². The average Bonchev–Trinajstić information content (AvgIpc) is 3.97. The topological polar surface area (TPSA) is 200 Å². The predicted octanol–water partition coefficient (Wildman–Crippen LogP) is 7.12. The van der Waals surface area contributed by atoms with Crippen LogP contribution in [0, 0.1) is 57.2 Å². The summed E-state index contributed by atoms with van der Waals surface area (Å²) in [5.41, 5.74) is 13.0. The van der Waals surface area contributed by atoms with Crippen molar-refractivity contribution in [3.63, 3.8) is 0 Å². The zero-order chi connectivity index (χ0) is 44.4. The summed E-state index contributed by atoms with van der Waals surface area (Å²) >= 11 is 0. The number of fused-ring (bicyclic) bond motifs is 9. The molecule has 11 nitrogen and oxygen atoms in total. The van der Waals surface area contributed by atoms with E-state index in [9.17, 15) is 30.3 Å². The lowest BCUT2D eigenvalue weighted by molar-refractivity contribution is -0.170. The van der Waals surface area contributed by atoms with E-state index in [0.717, 1.165) is 30.6 Å². The number of hydrogen-bond acceptors (Lipinski definition) is 10. The molecule has 1 aromatic heterocycles. The fourth-order valence-electron chi connectivity index (χ4n) is 15.5. The van der Waals surface area contributed by atoms with E-state index in [1.165, 1.54) is 44.1 Å². The third-order valence-electron chi connectivity index (χ3n) is 18.5. The van der Waals surface area contributed by atoms with Gasteiger partial charge in [0.25, 0.3) is 0 Å². The van der Waals surface area contributed by atoms with E-state index in [0.29, 0.717) is 44.1 Å². The highest BCUT2D eigenvalue weighted by atomic mass is 33.1. The number of aliphatic imine (C=N–C) groups is 1. The van der Waals surface area contributed by atoms with Gasteiger partial charge in [-0.05, 0) is 141 Å². The second kappa shape index (κ2) is 17.7. The first kappa shape index (κ1) is 46.7. The largest absolute Gasteiger partial charge is 0.396 e. The van der Waals surface area contributed by atoms with Crippen LogP contribution >= 0.6 is 21.6 Å². The SMILES string of the molecule is C[C@@H]1[C@H](O)C/C(=C2/CCCC3(CCCC3)C2)C(C)(C)C[C@@H](n2ccnc2)CSS[C@@H](CCCO)[C@H]2C[C@H]1[C@@]1(C)C[C@H](CN=C(N)N)[C@H]3C(=CC(=O)[C@@H]4C[C@@H](O)[C@@H](O)C[C@]34C)[C@]21O. The van der Waals surface area contributed by atoms with Gasteiger partial charge >= 0.3 is 0 Å². The molecule has 2 bridgehead atoms. The molecule has 6 aliphatic carbocycles. The maximum Gasteiger partial charge on any atom is 0.185 e. The molecule has 6 fully saturated rings. The van der Waals surface area contributed by atoms with Gasteiger partial charge in [0.2, 0.25) is 0 Å². The first-order chi connectivity index (χ1) is 29.4. The molecule has 62 heavy (non-hydrogen) atoms. The summed E-state index contributed by atoms with van der Waals surface area (Å²) in [6, 6.07) is 0.143. The summed E-state index contributed by atoms with van der Waals surface area (Å²) in [4.78, 5) is 23.7. The van der Waals surface area contributed by atoms with E-state index in [4.69, 9.17) is 11.5 Å². The van der Waals surface area contributed by atoms with Gasteiger partial charge in [0.1, 0.15) is 0 Å². The molecule has 13 heteroatoms. The zero-order valence-corrected chi connectivity index (χ0v) is 39.7. The quantitative estimate of drug-likeness (QED) is 0.0664. The lowest BCUT2D eigenvalue weighted by Crippen LogP contribution is -2.65. The Morgan fingerprint density at radius 2 is 1.73 bits per heavy atom. The standard InChI is InChI=1S/C49H77N5O6S2/c1-29-33-18-36(49(60)37-21-39(57)35-20-40(58)41(59)25-46(35,4)43(37)31(22-47(33,49)5)26-53-44(50)51)42(11-9-17-55)62-61-27-32(54-16-15-52-28-54)24-45(2,3)34(19-38(29)56)30-10-8-14-48(23-30)12-6-7-13-48/h15-16,21,28-29,31-33,35-36,38,40-43,55-56,58-60H,6-14,17-20,22-27H2,1-5H3,(H4,50,51,53)/b34-30+/t29-,31+,32+,33+,35-,36+,38+,40+,41-,42-,43-,46-,47+,49+/m0/s1. The van der Waals surface area contributed by atoms with Crippen LogP contribution in [0.25, 0.3) is 0 Å². The van der Waals surface area contributed by atoms with Gasteiger partial charge in [-0.2, -0.15) is 0 Å². The molecule has 1 saturated heterocycles. The molecule has 0 unspecified atom stereocenters. The number of aromatic nitrogens is 2. The van der Waals surface area contributed by atoms with E-state index >= 15 is 0 Å². The molecule has 5 saturated carbocycles. The summed E-state index contributed by atoms with van der Waals surface area (Å²) in [6.45, 7) is 11.6. The van der Waals surface area contributed by atoms with Crippen LogP contribution in [-0.4, -0.2) is 94.9 Å². The number of rotatable bonds is 6. The summed E-state index contributed by atoms with van der Waals surface area (Å²) in [5.74, 6) is -0.895. The van der Waals surface area contributed by atoms with Crippen LogP contribution in [-0.2, 0) is 4.79 Å². The van der Waals surface area contributed by atoms with Gasteiger partial charge in [-0.1, -0.05) is 80.2 Å². The number of guanidine groups is 1. The molecule has 346 valence electrons. The summed E-state index contributed by atoms with van der Waals surface area (Å²) in [5, 5.41) is 59.7. The number of imidazole rings is 1. The molecule has 0 aromatic carbocycles. The Balaban J connectivity index is 1.28. The van der Waals surface area contributed by atoms with E-state index in [1.54, 1.807) is 11.6 Å². The van der Waals surface area contributed by atoms with Crippen LogP contribution in [0.1, 0.15) is 143 Å². The molecule has 1 aliphatic heterocycles. The molecule has 2 heterocycles. The molecular weight excluding hydrogens is 819 g/mol. The fraction of sp³-hybridized carbons (Fsp3) is 0.816. The second-order valence-corrected chi connectivity index (χ2v) is 25.1. The maximum absolute atomic E-state index is 14.6. The summed E-state index contributed by atoms with van der Waals surface area (Å²) in [6.07, 6.45) is 19.3. The number of nitrogens with zero attached hydrogens (tertiary/aromatic N) is 3. The van der Waals surface area contributed by atoms with Crippen molar-refractivity contribution >= 4 is 33.3 Å². The molecule has 8 rings (SSSR count). The first-order valence-corrected chi connectivity index (χ1v) is 26.4. The molecule has 0 radical (unpaired) electrons. The Labute approximate surface area is 378 Å². The van der Waals surface area contributed by atoms with Gasteiger partial charge in [0, 0.05) is 59.8 Å². The van der Waals surface area contributed by atoms with E-state index < -0.39 is 40.7 Å². The van der Waals surface area contributed by atoms with Crippen LogP contribution in [0.2, 0.25) is 0 Å². The van der Waals surface area contributed by atoms with Crippen molar-refractivity contribution in [2.75, 3.05) is 18.9 Å². The summed E-state index contributed by atoms with van der Waals surface area (Å²) < 4.78 is 2.26. The Bertz CT molecular complexity index is 1880. The average molecular weight is 896 g/mol. The lowest BCUT2D eigenvalue weighted by atomic mass is 9.42. The minimum atomic E-state index is -1.44. The van der Waals surface area contributed by atoms with Crippen LogP contribution in [0.3, 0.4) is 0 Å². The molecular formula is C49H77N5O6S2. The van der Waals surface area contributed by atoms with Crippen molar-refractivity contribution in [1.82, 2.24) is 9.55 Å². The van der Waals surface area contributed by atoms with Crippen molar-refractivity contribution in [1.29, 1.82) is 0 Å². The number of aliphatic hydroxyl groups is 5. The molecule has 9 N–H and O–H groups in total.